The Bertz CT molecular complexity index is 581. The van der Waals surface area contributed by atoms with E-state index in [1.54, 1.807) is 14.2 Å². The highest BCUT2D eigenvalue weighted by Crippen LogP contribution is 2.29. The number of imidazole rings is 1. The van der Waals surface area contributed by atoms with Gasteiger partial charge in [-0.2, -0.15) is 0 Å². The summed E-state index contributed by atoms with van der Waals surface area (Å²) in [5, 5.41) is 3.46. The number of hydrogen-bond donors (Lipinski definition) is 1. The van der Waals surface area contributed by atoms with Crippen molar-refractivity contribution in [2.24, 2.45) is 0 Å². The van der Waals surface area contributed by atoms with Gasteiger partial charge in [-0.3, -0.25) is 0 Å². The van der Waals surface area contributed by atoms with Crippen LogP contribution in [0.25, 0.3) is 5.69 Å². The van der Waals surface area contributed by atoms with E-state index in [9.17, 15) is 0 Å². The van der Waals surface area contributed by atoms with Crippen molar-refractivity contribution >= 4 is 0 Å². The Hall–Kier alpha value is -2.01. The Kier molecular flexibility index (Phi) is 4.10. The van der Waals surface area contributed by atoms with Gasteiger partial charge in [-0.25, -0.2) is 4.98 Å². The minimum atomic E-state index is 0.499. The van der Waals surface area contributed by atoms with E-state index < -0.39 is 0 Å². The largest absolute Gasteiger partial charge is 0.497 e. The third kappa shape index (κ3) is 2.88. The van der Waals surface area contributed by atoms with Crippen molar-refractivity contribution in [3.8, 4) is 17.2 Å². The summed E-state index contributed by atoms with van der Waals surface area (Å²) in [7, 11) is 3.33. The van der Waals surface area contributed by atoms with Gasteiger partial charge in [0.05, 0.1) is 26.2 Å². The summed E-state index contributed by atoms with van der Waals surface area (Å²) in [6, 6.07) is 5.89. The van der Waals surface area contributed by atoms with Gasteiger partial charge in [-0.05, 0) is 19.4 Å². The monoisotopic (exact) mass is 287 g/mol. The lowest BCUT2D eigenvalue weighted by atomic mass is 9.96. The third-order valence-electron chi connectivity index (χ3n) is 4.00. The molecule has 112 valence electrons. The number of methoxy groups -OCH3 is 2. The third-order valence-corrected chi connectivity index (χ3v) is 4.00. The van der Waals surface area contributed by atoms with E-state index >= 15 is 0 Å². The molecule has 0 spiro atoms. The van der Waals surface area contributed by atoms with E-state index in [0.29, 0.717) is 5.92 Å². The molecule has 1 aliphatic heterocycles. The molecule has 1 fully saturated rings. The van der Waals surface area contributed by atoms with E-state index in [0.717, 1.165) is 30.3 Å². The minimum Gasteiger partial charge on any atom is -0.497 e. The van der Waals surface area contributed by atoms with Crippen LogP contribution in [0.2, 0.25) is 0 Å². The summed E-state index contributed by atoms with van der Waals surface area (Å²) in [5.74, 6) is 2.06. The molecule has 3 rings (SSSR count). The van der Waals surface area contributed by atoms with Gasteiger partial charge < -0.3 is 19.4 Å². The van der Waals surface area contributed by atoms with E-state index in [-0.39, 0.29) is 0 Å². The van der Waals surface area contributed by atoms with Crippen LogP contribution in [0.4, 0.5) is 0 Å². The van der Waals surface area contributed by atoms with Gasteiger partial charge in [0, 0.05) is 42.6 Å². The number of nitrogens with one attached hydrogen (secondary N) is 1. The fourth-order valence-electron chi connectivity index (χ4n) is 2.86. The number of piperidine rings is 1. The lowest BCUT2D eigenvalue weighted by Gasteiger charge is -2.24. The second-order valence-corrected chi connectivity index (χ2v) is 5.30. The van der Waals surface area contributed by atoms with Gasteiger partial charge in [0.25, 0.3) is 0 Å². The van der Waals surface area contributed by atoms with Crippen LogP contribution in [-0.2, 0) is 0 Å². The molecule has 1 atom stereocenters. The van der Waals surface area contributed by atoms with Gasteiger partial charge in [0.2, 0.25) is 0 Å². The molecule has 5 heteroatoms. The average Bonchev–Trinajstić information content (AvgIpc) is 3.04. The second-order valence-electron chi connectivity index (χ2n) is 5.30. The summed E-state index contributed by atoms with van der Waals surface area (Å²) >= 11 is 0. The number of ether oxygens (including phenoxy) is 2. The zero-order chi connectivity index (χ0) is 14.7. The van der Waals surface area contributed by atoms with Gasteiger partial charge in [-0.15, -0.1) is 0 Å². The van der Waals surface area contributed by atoms with Crippen LogP contribution < -0.4 is 14.8 Å². The second kappa shape index (κ2) is 6.18. The Morgan fingerprint density at radius 2 is 1.95 bits per heavy atom. The molecule has 2 heterocycles. The molecule has 1 unspecified atom stereocenters. The van der Waals surface area contributed by atoms with Crippen molar-refractivity contribution in [1.82, 2.24) is 14.9 Å². The maximum Gasteiger partial charge on any atom is 0.124 e. The number of aromatic nitrogens is 2. The zero-order valence-corrected chi connectivity index (χ0v) is 12.5. The highest BCUT2D eigenvalue weighted by Gasteiger charge is 2.19. The van der Waals surface area contributed by atoms with Gasteiger partial charge in [-0.1, -0.05) is 0 Å². The first-order valence-electron chi connectivity index (χ1n) is 7.28. The topological polar surface area (TPSA) is 48.3 Å². The average molecular weight is 287 g/mol. The molecule has 2 aromatic rings. The Labute approximate surface area is 124 Å². The normalized spacial score (nSPS) is 18.5. The molecular formula is C16H21N3O2. The van der Waals surface area contributed by atoms with Gasteiger partial charge in [0.15, 0.2) is 0 Å². The molecule has 1 N–H and O–H groups in total. The van der Waals surface area contributed by atoms with Crippen molar-refractivity contribution in [1.29, 1.82) is 0 Å². The van der Waals surface area contributed by atoms with Crippen LogP contribution in [0.15, 0.2) is 30.7 Å². The van der Waals surface area contributed by atoms with Crippen molar-refractivity contribution in [2.75, 3.05) is 27.3 Å². The predicted octanol–water partition coefficient (Wildman–Crippen LogP) is 2.36. The summed E-state index contributed by atoms with van der Waals surface area (Å²) in [5.41, 5.74) is 2.25. The van der Waals surface area contributed by atoms with Crippen molar-refractivity contribution in [3.63, 3.8) is 0 Å². The van der Waals surface area contributed by atoms with E-state index in [1.165, 1.54) is 18.5 Å². The number of nitrogens with zero attached hydrogens (tertiary/aromatic N) is 2. The van der Waals surface area contributed by atoms with Crippen LogP contribution in [0.5, 0.6) is 11.5 Å². The van der Waals surface area contributed by atoms with E-state index in [1.807, 2.05) is 30.7 Å². The molecule has 1 saturated heterocycles. The number of benzene rings is 1. The highest BCUT2D eigenvalue weighted by atomic mass is 16.5. The molecule has 1 aliphatic rings. The van der Waals surface area contributed by atoms with Gasteiger partial charge >= 0.3 is 0 Å². The number of rotatable bonds is 4. The van der Waals surface area contributed by atoms with Crippen molar-refractivity contribution in [3.05, 3.63) is 36.4 Å². The summed E-state index contributed by atoms with van der Waals surface area (Å²) < 4.78 is 12.8. The zero-order valence-electron chi connectivity index (χ0n) is 12.5. The molecule has 1 aromatic heterocycles. The summed E-state index contributed by atoms with van der Waals surface area (Å²) in [6.45, 7) is 2.12. The lowest BCUT2D eigenvalue weighted by Crippen LogP contribution is -2.29. The molecule has 1 aromatic carbocycles. The predicted molar refractivity (Wildman–Crippen MR) is 81.5 cm³/mol. The van der Waals surface area contributed by atoms with E-state index in [2.05, 4.69) is 14.9 Å². The fraction of sp³-hybridized carbons (Fsp3) is 0.438. The fourth-order valence-corrected chi connectivity index (χ4v) is 2.86. The van der Waals surface area contributed by atoms with Crippen LogP contribution in [0.1, 0.15) is 24.5 Å². The molecule has 5 nitrogen and oxygen atoms in total. The standard InChI is InChI=1S/C16H21N3O2/c1-20-14-6-13(7-15(8-14)21-2)19-11-18-10-16(19)12-4-3-5-17-9-12/h6-8,10-12,17H,3-5,9H2,1-2H3. The van der Waals surface area contributed by atoms with E-state index in [4.69, 9.17) is 9.47 Å². The highest BCUT2D eigenvalue weighted by molar-refractivity contribution is 5.47. The first kappa shape index (κ1) is 13.9. The molecule has 0 saturated carbocycles. The quantitative estimate of drug-likeness (QED) is 0.938. The minimum absolute atomic E-state index is 0.499. The molecule has 0 amide bonds. The first-order valence-corrected chi connectivity index (χ1v) is 7.28. The molecule has 0 aliphatic carbocycles. The van der Waals surface area contributed by atoms with Crippen LogP contribution in [-0.4, -0.2) is 36.9 Å². The first-order chi connectivity index (χ1) is 10.3. The molecular weight excluding hydrogens is 266 g/mol. The van der Waals surface area contributed by atoms with Crippen molar-refractivity contribution in [2.45, 2.75) is 18.8 Å². The molecule has 0 bridgehead atoms. The Morgan fingerprint density at radius 3 is 2.57 bits per heavy atom. The van der Waals surface area contributed by atoms with Crippen molar-refractivity contribution < 1.29 is 9.47 Å². The summed E-state index contributed by atoms with van der Waals surface area (Å²) in [4.78, 5) is 4.34. The summed E-state index contributed by atoms with van der Waals surface area (Å²) in [6.07, 6.45) is 6.22. The molecule has 0 radical (unpaired) electrons. The lowest BCUT2D eigenvalue weighted by molar-refractivity contribution is 0.393. The molecule has 21 heavy (non-hydrogen) atoms. The van der Waals surface area contributed by atoms with Gasteiger partial charge in [0.1, 0.15) is 11.5 Å². The Morgan fingerprint density at radius 1 is 1.19 bits per heavy atom. The maximum atomic E-state index is 5.35. The van der Waals surface area contributed by atoms with Crippen LogP contribution in [0.3, 0.4) is 0 Å². The maximum absolute atomic E-state index is 5.35. The smallest absolute Gasteiger partial charge is 0.124 e. The SMILES string of the molecule is COc1cc(OC)cc(-n2cncc2C2CCCNC2)c1. The number of hydrogen-bond acceptors (Lipinski definition) is 4. The van der Waals surface area contributed by atoms with Crippen LogP contribution >= 0.6 is 0 Å². The van der Waals surface area contributed by atoms with Crippen LogP contribution in [0, 0.1) is 0 Å². The Balaban J connectivity index is 1.98.